The summed E-state index contributed by atoms with van der Waals surface area (Å²) < 4.78 is 0. The van der Waals surface area contributed by atoms with Crippen LogP contribution in [0.3, 0.4) is 0 Å². The molecule has 4 N–H and O–H groups in total. The van der Waals surface area contributed by atoms with E-state index in [9.17, 15) is 0 Å². The van der Waals surface area contributed by atoms with Gasteiger partial charge < -0.3 is 0 Å². The van der Waals surface area contributed by atoms with Gasteiger partial charge >= 0.3 is 0 Å². The smallest absolute Gasteiger partial charge is 0.0122 e. The third-order valence-electron chi connectivity index (χ3n) is 4.07. The van der Waals surface area contributed by atoms with Gasteiger partial charge in [0.1, 0.15) is 0 Å². The second-order valence-corrected chi connectivity index (χ2v) is 7.81. The van der Waals surface area contributed by atoms with Gasteiger partial charge in [0.2, 0.25) is 0 Å². The van der Waals surface area contributed by atoms with E-state index in [0.717, 1.165) is 0 Å². The first-order chi connectivity index (χ1) is 11.7. The van der Waals surface area contributed by atoms with Gasteiger partial charge in [-0.2, -0.15) is 0 Å². The van der Waals surface area contributed by atoms with Crippen molar-refractivity contribution in [2.24, 2.45) is 11.7 Å². The zero-order valence-corrected chi connectivity index (χ0v) is 15.4. The van der Waals surface area contributed by atoms with E-state index in [4.69, 9.17) is 0 Å². The first kappa shape index (κ1) is 18.4. The minimum atomic E-state index is -0.508. The van der Waals surface area contributed by atoms with Crippen LogP contribution in [0.2, 0.25) is 0 Å². The summed E-state index contributed by atoms with van der Waals surface area (Å²) in [6.07, 6.45) is 0. The molecular formula is C21H25N2P. The lowest BCUT2D eigenvalue weighted by molar-refractivity contribution is 1.26. The van der Waals surface area contributed by atoms with Gasteiger partial charge in [-0.1, -0.05) is 72.8 Å². The predicted molar refractivity (Wildman–Crippen MR) is 108 cm³/mol. The molecule has 0 aromatic heterocycles. The zero-order valence-electron chi connectivity index (χ0n) is 14.5. The van der Waals surface area contributed by atoms with E-state index in [-0.39, 0.29) is 0 Å². The van der Waals surface area contributed by atoms with Gasteiger partial charge in [-0.15, -0.1) is 0 Å². The van der Waals surface area contributed by atoms with Crippen molar-refractivity contribution in [1.29, 1.82) is 0 Å². The Kier molecular flexibility index (Phi) is 6.69. The Bertz CT molecular complexity index is 691. The molecule has 0 saturated heterocycles. The van der Waals surface area contributed by atoms with Crippen molar-refractivity contribution in [2.45, 2.75) is 20.8 Å². The lowest BCUT2D eigenvalue weighted by Gasteiger charge is -2.24. The standard InChI is InChI=1S/C21H21P.H4N2/c1-16-10-4-7-13-19(16)22(20-14-8-5-11-17(20)2)21-15-9-6-12-18(21)3;1-2/h4-15H,1-3H3;1-2H2. The van der Waals surface area contributed by atoms with Crippen LogP contribution < -0.4 is 27.6 Å². The van der Waals surface area contributed by atoms with Crippen molar-refractivity contribution in [3.05, 3.63) is 89.5 Å². The molecule has 0 atom stereocenters. The SMILES string of the molecule is Cc1ccccc1P(c1ccccc1C)c1ccccc1C.NN. The van der Waals surface area contributed by atoms with Gasteiger partial charge in [0.25, 0.3) is 0 Å². The minimum Gasteiger partial charge on any atom is -0.274 e. The Balaban J connectivity index is 0.00000100. The van der Waals surface area contributed by atoms with E-state index in [0.29, 0.717) is 0 Å². The highest BCUT2D eigenvalue weighted by atomic mass is 31.1. The predicted octanol–water partition coefficient (Wildman–Crippen LogP) is 3.19. The molecule has 0 bridgehead atoms. The fourth-order valence-corrected chi connectivity index (χ4v) is 5.60. The molecular weight excluding hydrogens is 311 g/mol. The van der Waals surface area contributed by atoms with Gasteiger partial charge in [-0.25, -0.2) is 0 Å². The third kappa shape index (κ3) is 3.91. The number of aryl methyl sites for hydroxylation is 3. The number of hydrogen-bond donors (Lipinski definition) is 2. The molecule has 3 heteroatoms. The highest BCUT2D eigenvalue weighted by Crippen LogP contribution is 2.36. The molecule has 24 heavy (non-hydrogen) atoms. The molecule has 3 rings (SSSR count). The average molecular weight is 336 g/mol. The summed E-state index contributed by atoms with van der Waals surface area (Å²) in [4.78, 5) is 0. The van der Waals surface area contributed by atoms with E-state index in [1.54, 1.807) is 0 Å². The summed E-state index contributed by atoms with van der Waals surface area (Å²) in [5, 5.41) is 4.38. The van der Waals surface area contributed by atoms with Gasteiger partial charge in [-0.3, -0.25) is 11.7 Å². The Morgan fingerprint density at radius 2 is 0.750 bits per heavy atom. The molecule has 3 aromatic carbocycles. The Morgan fingerprint density at radius 1 is 0.500 bits per heavy atom. The summed E-state index contributed by atoms with van der Waals surface area (Å²) in [6, 6.07) is 26.4. The first-order valence-electron chi connectivity index (χ1n) is 7.99. The van der Waals surface area contributed by atoms with Crippen molar-refractivity contribution in [3.8, 4) is 0 Å². The molecule has 0 saturated carbocycles. The van der Waals surface area contributed by atoms with Crippen molar-refractivity contribution in [2.75, 3.05) is 0 Å². The summed E-state index contributed by atoms with van der Waals surface area (Å²) in [6.45, 7) is 6.67. The molecule has 0 fully saturated rings. The van der Waals surface area contributed by atoms with Gasteiger partial charge in [0.05, 0.1) is 0 Å². The van der Waals surface area contributed by atoms with Crippen LogP contribution in [-0.4, -0.2) is 0 Å². The van der Waals surface area contributed by atoms with E-state index in [1.165, 1.54) is 32.6 Å². The van der Waals surface area contributed by atoms with E-state index < -0.39 is 7.92 Å². The highest BCUT2D eigenvalue weighted by Gasteiger charge is 2.20. The molecule has 2 nitrogen and oxygen atoms in total. The number of hydrazine groups is 1. The lowest BCUT2D eigenvalue weighted by atomic mass is 10.2. The van der Waals surface area contributed by atoms with Crippen LogP contribution in [0.15, 0.2) is 72.8 Å². The third-order valence-corrected chi connectivity index (χ3v) is 7.02. The molecule has 0 spiro atoms. The topological polar surface area (TPSA) is 52.0 Å². The maximum Gasteiger partial charge on any atom is -0.0122 e. The van der Waals surface area contributed by atoms with E-state index in [2.05, 4.69) is 105 Å². The number of benzene rings is 3. The average Bonchev–Trinajstić information content (AvgIpc) is 2.61. The van der Waals surface area contributed by atoms with Crippen LogP contribution in [0, 0.1) is 20.8 Å². The summed E-state index contributed by atoms with van der Waals surface area (Å²) >= 11 is 0. The summed E-state index contributed by atoms with van der Waals surface area (Å²) in [5.74, 6) is 8.00. The number of nitrogens with two attached hydrogens (primary N) is 2. The van der Waals surface area contributed by atoms with Crippen molar-refractivity contribution in [1.82, 2.24) is 0 Å². The molecule has 3 aromatic rings. The van der Waals surface area contributed by atoms with Gasteiger partial charge in [-0.05, 0) is 61.3 Å². The monoisotopic (exact) mass is 336 g/mol. The fourth-order valence-electron chi connectivity index (χ4n) is 2.83. The number of hydrogen-bond acceptors (Lipinski definition) is 2. The summed E-state index contributed by atoms with van der Waals surface area (Å²) in [5.41, 5.74) is 4.13. The second-order valence-electron chi connectivity index (χ2n) is 5.69. The van der Waals surface area contributed by atoms with E-state index in [1.807, 2.05) is 0 Å². The molecule has 0 radical (unpaired) electrons. The Morgan fingerprint density at radius 3 is 1.00 bits per heavy atom. The fraction of sp³-hybridized carbons (Fsp3) is 0.143. The van der Waals surface area contributed by atoms with Crippen LogP contribution in [-0.2, 0) is 0 Å². The van der Waals surface area contributed by atoms with Gasteiger partial charge in [0.15, 0.2) is 0 Å². The number of rotatable bonds is 3. The molecule has 0 unspecified atom stereocenters. The van der Waals surface area contributed by atoms with Crippen LogP contribution in [0.25, 0.3) is 0 Å². The molecule has 0 heterocycles. The molecule has 0 aliphatic carbocycles. The maximum absolute atomic E-state index is 4.00. The van der Waals surface area contributed by atoms with Gasteiger partial charge in [0, 0.05) is 0 Å². The quantitative estimate of drug-likeness (QED) is 0.438. The van der Waals surface area contributed by atoms with Crippen LogP contribution in [0.4, 0.5) is 0 Å². The molecule has 0 amide bonds. The second kappa shape index (κ2) is 8.75. The minimum absolute atomic E-state index is 0.508. The maximum atomic E-state index is 4.00. The first-order valence-corrected chi connectivity index (χ1v) is 9.33. The molecule has 124 valence electrons. The zero-order chi connectivity index (χ0) is 17.5. The van der Waals surface area contributed by atoms with Crippen LogP contribution >= 0.6 is 7.92 Å². The van der Waals surface area contributed by atoms with Crippen molar-refractivity contribution >= 4 is 23.8 Å². The van der Waals surface area contributed by atoms with Crippen LogP contribution in [0.1, 0.15) is 16.7 Å². The highest BCUT2D eigenvalue weighted by molar-refractivity contribution is 7.80. The summed E-state index contributed by atoms with van der Waals surface area (Å²) in [7, 11) is -0.508. The van der Waals surface area contributed by atoms with Crippen molar-refractivity contribution < 1.29 is 0 Å². The molecule has 0 aliphatic rings. The Labute approximate surface area is 146 Å². The van der Waals surface area contributed by atoms with E-state index >= 15 is 0 Å². The lowest BCUT2D eigenvalue weighted by Crippen LogP contribution is -2.25. The normalized spacial score (nSPS) is 10.2. The largest absolute Gasteiger partial charge is 0.274 e. The molecule has 0 aliphatic heterocycles. The Hall–Kier alpha value is -1.99. The van der Waals surface area contributed by atoms with Crippen LogP contribution in [0.5, 0.6) is 0 Å². The van der Waals surface area contributed by atoms with Crippen molar-refractivity contribution in [3.63, 3.8) is 0 Å².